The van der Waals surface area contributed by atoms with Gasteiger partial charge in [-0.15, -0.1) is 11.6 Å². The molecule has 1 aliphatic rings. The molecule has 15 heavy (non-hydrogen) atoms. The van der Waals surface area contributed by atoms with Gasteiger partial charge in [-0.1, -0.05) is 6.92 Å². The molecule has 0 spiro atoms. The van der Waals surface area contributed by atoms with Gasteiger partial charge in [0.1, 0.15) is 12.1 Å². The van der Waals surface area contributed by atoms with E-state index in [1.165, 1.54) is 12.8 Å². The largest absolute Gasteiger partial charge is 0.369 e. The minimum Gasteiger partial charge on any atom is -0.369 e. The predicted octanol–water partition coefficient (Wildman–Crippen LogP) is 2.47. The minimum absolute atomic E-state index is 0.332. The molecule has 0 atom stereocenters. The van der Waals surface area contributed by atoms with Gasteiger partial charge in [0.2, 0.25) is 0 Å². The molecule has 0 aromatic carbocycles. The van der Waals surface area contributed by atoms with E-state index in [-0.39, 0.29) is 0 Å². The summed E-state index contributed by atoms with van der Waals surface area (Å²) in [6.07, 6.45) is 5.02. The second-order valence-corrected chi connectivity index (χ2v) is 4.50. The van der Waals surface area contributed by atoms with Gasteiger partial charge >= 0.3 is 0 Å². The van der Waals surface area contributed by atoms with E-state index in [2.05, 4.69) is 22.2 Å². The van der Waals surface area contributed by atoms with Crippen LogP contribution in [0.5, 0.6) is 0 Å². The topological polar surface area (TPSA) is 37.8 Å². The maximum atomic E-state index is 5.91. The molecule has 0 bridgehead atoms. The first-order chi connectivity index (χ1) is 7.28. The molecule has 0 saturated heterocycles. The van der Waals surface area contributed by atoms with E-state index in [9.17, 15) is 0 Å². The molecule has 0 unspecified atom stereocenters. The summed E-state index contributed by atoms with van der Waals surface area (Å²) < 4.78 is 0. The van der Waals surface area contributed by atoms with Gasteiger partial charge in [-0.05, 0) is 19.3 Å². The number of anilines is 1. The number of halogens is 1. The van der Waals surface area contributed by atoms with Crippen molar-refractivity contribution < 1.29 is 0 Å². The molecular weight excluding hydrogens is 210 g/mol. The Kier molecular flexibility index (Phi) is 3.10. The molecule has 1 fully saturated rings. The highest BCUT2D eigenvalue weighted by Gasteiger charge is 2.41. The van der Waals surface area contributed by atoms with Gasteiger partial charge < -0.3 is 5.32 Å². The first-order valence-corrected chi connectivity index (χ1v) is 5.92. The van der Waals surface area contributed by atoms with Gasteiger partial charge in [0.25, 0.3) is 0 Å². The van der Waals surface area contributed by atoms with Crippen molar-refractivity contribution in [1.29, 1.82) is 0 Å². The van der Waals surface area contributed by atoms with E-state index in [0.29, 0.717) is 5.41 Å². The number of hydrogen-bond donors (Lipinski definition) is 1. The Hall–Kier alpha value is -0.830. The predicted molar refractivity (Wildman–Crippen MR) is 62.3 cm³/mol. The fourth-order valence-corrected chi connectivity index (χ4v) is 1.86. The third-order valence-corrected chi connectivity index (χ3v) is 3.54. The van der Waals surface area contributed by atoms with Crippen LogP contribution in [-0.2, 0) is 6.42 Å². The quantitative estimate of drug-likeness (QED) is 0.783. The molecule has 4 heteroatoms. The molecule has 0 aliphatic heterocycles. The highest BCUT2D eigenvalue weighted by molar-refractivity contribution is 6.18. The van der Waals surface area contributed by atoms with Crippen LogP contribution in [0.15, 0.2) is 12.4 Å². The standard InChI is InChI=1S/C11H16ClN3/c1-2-9-5-10(15-8-14-9)13-7-11(6-12)3-4-11/h5,8H,2-4,6-7H2,1H3,(H,13,14,15). The number of hydrogen-bond acceptors (Lipinski definition) is 3. The fraction of sp³-hybridized carbons (Fsp3) is 0.636. The van der Waals surface area contributed by atoms with Gasteiger partial charge in [0, 0.05) is 29.6 Å². The summed E-state index contributed by atoms with van der Waals surface area (Å²) in [5.41, 5.74) is 1.40. The summed E-state index contributed by atoms with van der Waals surface area (Å²) in [6.45, 7) is 3.02. The number of nitrogens with one attached hydrogen (secondary N) is 1. The summed E-state index contributed by atoms with van der Waals surface area (Å²) in [7, 11) is 0. The number of aryl methyl sites for hydroxylation is 1. The van der Waals surface area contributed by atoms with Gasteiger partial charge in [0.05, 0.1) is 0 Å². The fourth-order valence-electron chi connectivity index (χ4n) is 1.50. The zero-order valence-electron chi connectivity index (χ0n) is 8.96. The van der Waals surface area contributed by atoms with Crippen LogP contribution in [0.1, 0.15) is 25.5 Å². The Balaban J connectivity index is 1.93. The average Bonchev–Trinajstić information content (AvgIpc) is 3.07. The van der Waals surface area contributed by atoms with E-state index < -0.39 is 0 Å². The summed E-state index contributed by atoms with van der Waals surface area (Å²) in [6, 6.07) is 2.00. The van der Waals surface area contributed by atoms with Crippen LogP contribution in [0.3, 0.4) is 0 Å². The summed E-state index contributed by atoms with van der Waals surface area (Å²) in [5.74, 6) is 1.66. The van der Waals surface area contributed by atoms with Crippen molar-refractivity contribution in [3.05, 3.63) is 18.1 Å². The molecule has 1 aliphatic carbocycles. The zero-order chi connectivity index (χ0) is 10.7. The Morgan fingerprint density at radius 2 is 2.27 bits per heavy atom. The SMILES string of the molecule is CCc1cc(NCC2(CCl)CC2)ncn1. The Bertz CT molecular complexity index is 336. The lowest BCUT2D eigenvalue weighted by molar-refractivity contribution is 0.617. The van der Waals surface area contributed by atoms with E-state index >= 15 is 0 Å². The van der Waals surface area contributed by atoms with Crippen molar-refractivity contribution >= 4 is 17.4 Å². The van der Waals surface area contributed by atoms with E-state index in [1.54, 1.807) is 6.33 Å². The van der Waals surface area contributed by atoms with Gasteiger partial charge in [0.15, 0.2) is 0 Å². The van der Waals surface area contributed by atoms with Crippen molar-refractivity contribution in [3.63, 3.8) is 0 Å². The summed E-state index contributed by atoms with van der Waals surface area (Å²) >= 11 is 5.91. The van der Waals surface area contributed by atoms with Crippen molar-refractivity contribution in [2.24, 2.45) is 5.41 Å². The van der Waals surface area contributed by atoms with Crippen LogP contribution in [-0.4, -0.2) is 22.4 Å². The average molecular weight is 226 g/mol. The van der Waals surface area contributed by atoms with E-state index in [0.717, 1.165) is 30.4 Å². The number of alkyl halides is 1. The first-order valence-electron chi connectivity index (χ1n) is 5.39. The molecule has 3 nitrogen and oxygen atoms in total. The molecule has 0 amide bonds. The molecule has 1 aromatic heterocycles. The highest BCUT2D eigenvalue weighted by atomic mass is 35.5. The molecule has 1 aromatic rings. The van der Waals surface area contributed by atoms with E-state index in [1.807, 2.05) is 6.07 Å². The third-order valence-electron chi connectivity index (χ3n) is 2.97. The molecule has 1 heterocycles. The number of nitrogens with zero attached hydrogens (tertiary/aromatic N) is 2. The maximum Gasteiger partial charge on any atom is 0.129 e. The van der Waals surface area contributed by atoms with Crippen LogP contribution in [0.25, 0.3) is 0 Å². The Morgan fingerprint density at radius 3 is 2.87 bits per heavy atom. The zero-order valence-corrected chi connectivity index (χ0v) is 9.72. The summed E-state index contributed by atoms with van der Waals surface area (Å²) in [4.78, 5) is 8.35. The second-order valence-electron chi connectivity index (χ2n) is 4.24. The number of rotatable bonds is 5. The highest BCUT2D eigenvalue weighted by Crippen LogP contribution is 2.46. The molecule has 1 saturated carbocycles. The summed E-state index contributed by atoms with van der Waals surface area (Å²) in [5, 5.41) is 3.34. The van der Waals surface area contributed by atoms with Crippen molar-refractivity contribution in [2.75, 3.05) is 17.7 Å². The molecule has 1 N–H and O–H groups in total. The van der Waals surface area contributed by atoms with Gasteiger partial charge in [-0.3, -0.25) is 0 Å². The lowest BCUT2D eigenvalue weighted by Gasteiger charge is -2.12. The molecule has 82 valence electrons. The van der Waals surface area contributed by atoms with Crippen LogP contribution in [0.2, 0.25) is 0 Å². The van der Waals surface area contributed by atoms with Crippen molar-refractivity contribution in [1.82, 2.24) is 9.97 Å². The van der Waals surface area contributed by atoms with Crippen LogP contribution >= 0.6 is 11.6 Å². The molecular formula is C11H16ClN3. The van der Waals surface area contributed by atoms with Crippen LogP contribution in [0, 0.1) is 5.41 Å². The number of aromatic nitrogens is 2. The maximum absolute atomic E-state index is 5.91. The van der Waals surface area contributed by atoms with Gasteiger partial charge in [-0.25, -0.2) is 9.97 Å². The Labute approximate surface area is 95.3 Å². The van der Waals surface area contributed by atoms with E-state index in [4.69, 9.17) is 11.6 Å². The minimum atomic E-state index is 0.332. The molecule has 2 rings (SSSR count). The molecule has 0 radical (unpaired) electrons. The second kappa shape index (κ2) is 4.35. The van der Waals surface area contributed by atoms with Crippen LogP contribution < -0.4 is 5.32 Å². The third kappa shape index (κ3) is 2.59. The lowest BCUT2D eigenvalue weighted by atomic mass is 10.1. The van der Waals surface area contributed by atoms with Crippen molar-refractivity contribution in [2.45, 2.75) is 26.2 Å². The first kappa shape index (κ1) is 10.7. The lowest BCUT2D eigenvalue weighted by Crippen LogP contribution is -2.17. The smallest absolute Gasteiger partial charge is 0.129 e. The normalized spacial score (nSPS) is 17.5. The van der Waals surface area contributed by atoms with Crippen molar-refractivity contribution in [3.8, 4) is 0 Å². The monoisotopic (exact) mass is 225 g/mol. The van der Waals surface area contributed by atoms with Gasteiger partial charge in [-0.2, -0.15) is 0 Å². The van der Waals surface area contributed by atoms with Crippen LogP contribution in [0.4, 0.5) is 5.82 Å². The Morgan fingerprint density at radius 1 is 1.47 bits per heavy atom.